The third-order valence-corrected chi connectivity index (χ3v) is 11.3. The van der Waals surface area contributed by atoms with E-state index in [1.54, 1.807) is 6.08 Å². The molecule has 0 aromatic heterocycles. The summed E-state index contributed by atoms with van der Waals surface area (Å²) in [7, 11) is 0. The highest BCUT2D eigenvalue weighted by Gasteiger charge is 2.66. The zero-order valence-electron chi connectivity index (χ0n) is 20.3. The van der Waals surface area contributed by atoms with Gasteiger partial charge in [0.05, 0.1) is 12.6 Å². The number of aliphatic imine (C=N–C) groups is 1. The molecule has 0 spiro atoms. The molecular formula is C27H44FNO2. The smallest absolute Gasteiger partial charge is 0.234 e. The Labute approximate surface area is 188 Å². The average Bonchev–Trinajstić information content (AvgIpc) is 3.09. The van der Waals surface area contributed by atoms with Crippen molar-refractivity contribution >= 4 is 6.08 Å². The van der Waals surface area contributed by atoms with Crippen LogP contribution in [0.15, 0.2) is 4.99 Å². The first-order valence-electron chi connectivity index (χ1n) is 13.1. The maximum Gasteiger partial charge on any atom is 0.234 e. The van der Waals surface area contributed by atoms with Crippen molar-refractivity contribution in [2.24, 2.45) is 63.2 Å². The molecule has 0 aromatic carbocycles. The molecule has 0 bridgehead atoms. The summed E-state index contributed by atoms with van der Waals surface area (Å²) in [5, 5.41) is 11.8. The van der Waals surface area contributed by atoms with Gasteiger partial charge in [0.15, 0.2) is 0 Å². The summed E-state index contributed by atoms with van der Waals surface area (Å²) in [4.78, 5) is 14.3. The number of carbonyl (C=O) groups excluding carboxylic acids is 1. The van der Waals surface area contributed by atoms with E-state index in [9.17, 15) is 9.90 Å². The molecular weight excluding hydrogens is 389 g/mol. The van der Waals surface area contributed by atoms with Crippen LogP contribution in [0.1, 0.15) is 86.0 Å². The van der Waals surface area contributed by atoms with E-state index in [1.165, 1.54) is 19.3 Å². The van der Waals surface area contributed by atoms with Gasteiger partial charge in [-0.25, -0.2) is 14.2 Å². The van der Waals surface area contributed by atoms with E-state index in [4.69, 9.17) is 0 Å². The fraction of sp³-hybridized carbons (Fsp3) is 0.963. The third-order valence-electron chi connectivity index (χ3n) is 11.3. The van der Waals surface area contributed by atoms with Crippen LogP contribution in [0.25, 0.3) is 0 Å². The van der Waals surface area contributed by atoms with E-state index in [0.717, 1.165) is 32.1 Å². The van der Waals surface area contributed by atoms with E-state index in [2.05, 4.69) is 39.6 Å². The van der Waals surface area contributed by atoms with Crippen LogP contribution in [0.4, 0.5) is 4.39 Å². The fourth-order valence-corrected chi connectivity index (χ4v) is 9.66. The molecule has 0 heterocycles. The number of hydrogen-bond donors (Lipinski definition) is 1. The number of nitrogens with zero attached hydrogens (tertiary/aromatic N) is 1. The van der Waals surface area contributed by atoms with Crippen molar-refractivity contribution in [2.45, 2.75) is 98.3 Å². The Kier molecular flexibility index (Phi) is 6.47. The van der Waals surface area contributed by atoms with Gasteiger partial charge >= 0.3 is 0 Å². The minimum atomic E-state index is -0.776. The lowest BCUT2D eigenvalue weighted by Crippen LogP contribution is -2.64. The van der Waals surface area contributed by atoms with Crippen molar-refractivity contribution in [1.29, 1.82) is 0 Å². The van der Waals surface area contributed by atoms with Gasteiger partial charge in [0, 0.05) is 5.92 Å². The van der Waals surface area contributed by atoms with E-state index in [-0.39, 0.29) is 34.7 Å². The molecule has 1 N–H and O–H groups in total. The van der Waals surface area contributed by atoms with Crippen LogP contribution >= 0.6 is 0 Å². The molecule has 3 nitrogen and oxygen atoms in total. The molecule has 4 heteroatoms. The summed E-state index contributed by atoms with van der Waals surface area (Å²) in [5.41, 5.74) is 0.269. The summed E-state index contributed by atoms with van der Waals surface area (Å²) >= 11 is 0. The van der Waals surface area contributed by atoms with Gasteiger partial charge in [0.25, 0.3) is 0 Å². The molecule has 4 aliphatic rings. The van der Waals surface area contributed by atoms with Crippen LogP contribution in [0.3, 0.4) is 0 Å². The molecule has 0 aromatic rings. The maximum atomic E-state index is 15.6. The Hall–Kier alpha value is -0.730. The molecule has 176 valence electrons. The van der Waals surface area contributed by atoms with Gasteiger partial charge < -0.3 is 5.11 Å². The topological polar surface area (TPSA) is 49.7 Å². The summed E-state index contributed by atoms with van der Waals surface area (Å²) in [6.45, 7) is 12.0. The molecule has 4 rings (SSSR count). The number of aliphatic hydroxyl groups is 1. The van der Waals surface area contributed by atoms with Crippen LogP contribution in [-0.4, -0.2) is 30.0 Å². The second-order valence-corrected chi connectivity index (χ2v) is 12.3. The van der Waals surface area contributed by atoms with Gasteiger partial charge in [-0.05, 0) is 97.2 Å². The Morgan fingerprint density at radius 1 is 1.13 bits per heavy atom. The van der Waals surface area contributed by atoms with Crippen molar-refractivity contribution < 1.29 is 14.3 Å². The van der Waals surface area contributed by atoms with E-state index >= 15 is 4.39 Å². The maximum absolute atomic E-state index is 15.6. The predicted octanol–water partition coefficient (Wildman–Crippen LogP) is 6.20. The highest BCUT2D eigenvalue weighted by atomic mass is 19.1. The van der Waals surface area contributed by atoms with Crippen LogP contribution in [0.2, 0.25) is 0 Å². The number of isocyanates is 1. The van der Waals surface area contributed by atoms with Crippen molar-refractivity contribution in [3.8, 4) is 0 Å². The standard InChI is InChI=1S/C27H44FNO2/c1-6-18-23-24(28)17(3)9-12-27(23,5)21-10-13-26(4)19(16(2)11-14-29-15-30)7-8-20(26)22(21)25(18)31/h16-25,31H,6-14H2,1-5H3/t16-,17-,18-,19?,20?,21?,22?,23-,24+,25?,26-,27-/m1/s1. The zero-order valence-corrected chi connectivity index (χ0v) is 20.3. The Balaban J connectivity index is 1.64. The highest BCUT2D eigenvalue weighted by molar-refractivity contribution is 5.32. The van der Waals surface area contributed by atoms with Gasteiger partial charge in [0.1, 0.15) is 6.17 Å². The number of halogens is 1. The minimum absolute atomic E-state index is 0.0131. The molecule has 0 aliphatic heterocycles. The summed E-state index contributed by atoms with van der Waals surface area (Å²) in [6.07, 6.45) is 9.20. The molecule has 12 atom stereocenters. The summed E-state index contributed by atoms with van der Waals surface area (Å²) in [5.74, 6) is 2.68. The largest absolute Gasteiger partial charge is 0.393 e. The van der Waals surface area contributed by atoms with Crippen LogP contribution in [0, 0.1) is 58.2 Å². The lowest BCUT2D eigenvalue weighted by atomic mass is 9.40. The lowest BCUT2D eigenvalue weighted by Gasteiger charge is -2.65. The highest BCUT2D eigenvalue weighted by Crippen LogP contribution is 2.70. The van der Waals surface area contributed by atoms with Crippen LogP contribution in [-0.2, 0) is 4.79 Å². The average molecular weight is 434 g/mol. The second kappa shape index (κ2) is 8.56. The van der Waals surface area contributed by atoms with Gasteiger partial charge in [-0.15, -0.1) is 0 Å². The van der Waals surface area contributed by atoms with Crippen molar-refractivity contribution in [3.05, 3.63) is 0 Å². The Morgan fingerprint density at radius 3 is 2.48 bits per heavy atom. The lowest BCUT2D eigenvalue weighted by molar-refractivity contribution is -0.215. The molecule has 0 radical (unpaired) electrons. The molecule has 0 saturated heterocycles. The third kappa shape index (κ3) is 3.46. The van der Waals surface area contributed by atoms with Crippen LogP contribution < -0.4 is 0 Å². The van der Waals surface area contributed by atoms with E-state index in [0.29, 0.717) is 36.1 Å². The molecule has 4 aliphatic carbocycles. The number of rotatable bonds is 5. The van der Waals surface area contributed by atoms with Crippen molar-refractivity contribution in [2.75, 3.05) is 6.54 Å². The van der Waals surface area contributed by atoms with Gasteiger partial charge in [0.2, 0.25) is 6.08 Å². The van der Waals surface area contributed by atoms with E-state index < -0.39 is 6.17 Å². The monoisotopic (exact) mass is 433 g/mol. The van der Waals surface area contributed by atoms with Crippen molar-refractivity contribution in [1.82, 2.24) is 0 Å². The number of aliphatic hydroxyl groups excluding tert-OH is 1. The Morgan fingerprint density at radius 2 is 1.81 bits per heavy atom. The molecule has 4 saturated carbocycles. The van der Waals surface area contributed by atoms with Gasteiger partial charge in [-0.2, -0.15) is 0 Å². The predicted molar refractivity (Wildman–Crippen MR) is 122 cm³/mol. The minimum Gasteiger partial charge on any atom is -0.393 e. The zero-order chi connectivity index (χ0) is 22.6. The Bertz CT molecular complexity index is 707. The molecule has 0 amide bonds. The summed E-state index contributed by atoms with van der Waals surface area (Å²) in [6, 6.07) is 0. The number of alkyl halides is 1. The van der Waals surface area contributed by atoms with E-state index in [1.807, 2.05) is 0 Å². The van der Waals surface area contributed by atoms with Gasteiger partial charge in [-0.1, -0.05) is 41.0 Å². The fourth-order valence-electron chi connectivity index (χ4n) is 9.66. The van der Waals surface area contributed by atoms with Gasteiger partial charge in [-0.3, -0.25) is 0 Å². The first-order valence-corrected chi connectivity index (χ1v) is 13.1. The number of fused-ring (bicyclic) bond motifs is 5. The second-order valence-electron chi connectivity index (χ2n) is 12.3. The normalized spacial score (nSPS) is 52.4. The molecule has 5 unspecified atom stereocenters. The molecule has 31 heavy (non-hydrogen) atoms. The number of hydrogen-bond acceptors (Lipinski definition) is 3. The summed E-state index contributed by atoms with van der Waals surface area (Å²) < 4.78 is 15.6. The first-order chi connectivity index (χ1) is 14.7. The SMILES string of the molecule is CC[C@H]1C(O)C2C3CCC([C@H](C)CCN=C=O)[C@@]3(C)CCC2[C@@]2(C)CC[C@@H](C)[C@H](F)[C@@H]12. The molecule has 4 fully saturated rings. The van der Waals surface area contributed by atoms with Crippen molar-refractivity contribution in [3.63, 3.8) is 0 Å². The first kappa shape index (κ1) is 23.4. The van der Waals surface area contributed by atoms with Crippen LogP contribution in [0.5, 0.6) is 0 Å². The quantitative estimate of drug-likeness (QED) is 0.415.